The van der Waals surface area contributed by atoms with Crippen LogP contribution in [0.15, 0.2) is 24.3 Å². The van der Waals surface area contributed by atoms with Crippen LogP contribution < -0.4 is 10.1 Å². The number of thioether (sulfide) groups is 1. The summed E-state index contributed by atoms with van der Waals surface area (Å²) in [6, 6.07) is 6.96. The number of benzene rings is 1. The molecule has 2 aliphatic heterocycles. The van der Waals surface area contributed by atoms with Crippen LogP contribution in [0, 0.1) is 0 Å². The van der Waals surface area contributed by atoms with Gasteiger partial charge < -0.3 is 15.0 Å². The maximum Gasteiger partial charge on any atom is 0.248 e. The molecule has 0 saturated carbocycles. The van der Waals surface area contributed by atoms with Crippen molar-refractivity contribution in [2.45, 2.75) is 37.6 Å². The lowest BCUT2D eigenvalue weighted by atomic mass is 10.2. The van der Waals surface area contributed by atoms with Crippen LogP contribution in [-0.4, -0.2) is 40.0 Å². The van der Waals surface area contributed by atoms with Crippen LogP contribution in [0.3, 0.4) is 0 Å². The molecule has 0 unspecified atom stereocenters. The predicted octanol–water partition coefficient (Wildman–Crippen LogP) is 2.48. The summed E-state index contributed by atoms with van der Waals surface area (Å²) >= 11 is 1.69. The van der Waals surface area contributed by atoms with E-state index in [0.717, 1.165) is 6.42 Å². The van der Waals surface area contributed by atoms with E-state index < -0.39 is 6.04 Å². The molecule has 118 valence electrons. The number of carbonyl (C=O) groups excluding carboxylic acids is 2. The average Bonchev–Trinajstić information content (AvgIpc) is 2.98. The molecule has 0 radical (unpaired) electrons. The molecule has 0 bridgehead atoms. The van der Waals surface area contributed by atoms with Gasteiger partial charge in [-0.25, -0.2) is 0 Å². The maximum absolute atomic E-state index is 12.6. The topological polar surface area (TPSA) is 58.6 Å². The van der Waals surface area contributed by atoms with Gasteiger partial charge in [-0.1, -0.05) is 12.1 Å². The van der Waals surface area contributed by atoms with Crippen molar-refractivity contribution in [2.75, 3.05) is 17.7 Å². The summed E-state index contributed by atoms with van der Waals surface area (Å²) in [7, 11) is 0. The number of anilines is 1. The highest BCUT2D eigenvalue weighted by atomic mass is 32.2. The Kier molecular flexibility index (Phi) is 4.04. The van der Waals surface area contributed by atoms with Crippen molar-refractivity contribution in [3.05, 3.63) is 24.3 Å². The molecule has 6 heteroatoms. The summed E-state index contributed by atoms with van der Waals surface area (Å²) < 4.78 is 5.53. The zero-order chi connectivity index (χ0) is 15.7. The first-order chi connectivity index (χ1) is 10.5. The molecule has 3 rings (SSSR count). The molecule has 2 saturated heterocycles. The molecule has 2 aliphatic rings. The predicted molar refractivity (Wildman–Crippen MR) is 87.0 cm³/mol. The van der Waals surface area contributed by atoms with Gasteiger partial charge in [0, 0.05) is 12.2 Å². The summed E-state index contributed by atoms with van der Waals surface area (Å²) in [5.74, 6) is 1.23. The maximum atomic E-state index is 12.6. The third-order valence-electron chi connectivity index (χ3n) is 4.19. The summed E-state index contributed by atoms with van der Waals surface area (Å²) in [5.41, 5.74) is 0.652. The molecule has 2 amide bonds. The van der Waals surface area contributed by atoms with Crippen molar-refractivity contribution in [3.8, 4) is 5.75 Å². The Hall–Kier alpha value is -1.69. The van der Waals surface area contributed by atoms with E-state index in [1.807, 2.05) is 38.1 Å². The molecule has 1 aromatic carbocycles. The monoisotopic (exact) mass is 320 g/mol. The van der Waals surface area contributed by atoms with Crippen molar-refractivity contribution in [1.29, 1.82) is 0 Å². The van der Waals surface area contributed by atoms with Crippen molar-refractivity contribution in [3.63, 3.8) is 0 Å². The van der Waals surface area contributed by atoms with Crippen molar-refractivity contribution >= 4 is 29.3 Å². The van der Waals surface area contributed by atoms with Gasteiger partial charge >= 0.3 is 0 Å². The van der Waals surface area contributed by atoms with Gasteiger partial charge in [-0.2, -0.15) is 0 Å². The van der Waals surface area contributed by atoms with Crippen LogP contribution >= 0.6 is 11.8 Å². The Bertz CT molecular complexity index is 607. The number of ether oxygens (including phenoxy) is 1. The minimum atomic E-state index is -0.403. The Balaban J connectivity index is 1.77. The summed E-state index contributed by atoms with van der Waals surface area (Å²) in [4.78, 5) is 26.3. The van der Waals surface area contributed by atoms with Gasteiger partial charge in [-0.05, 0) is 32.4 Å². The van der Waals surface area contributed by atoms with E-state index in [9.17, 15) is 9.59 Å². The first-order valence-corrected chi connectivity index (χ1v) is 8.52. The van der Waals surface area contributed by atoms with Crippen LogP contribution in [0.1, 0.15) is 26.7 Å². The Morgan fingerprint density at radius 3 is 3.05 bits per heavy atom. The largest absolute Gasteiger partial charge is 0.492 e. The standard InChI is InChI=1S/C16H20N2O3S/c1-3-21-13-7-5-4-6-11(13)17-15(20)12-10-22-16(2)9-8-14(19)18(12)16/h4-7,12H,3,8-10H2,1-2H3,(H,17,20)/t12-,16+/m1/s1. The quantitative estimate of drug-likeness (QED) is 0.926. The number of amides is 2. The number of fused-ring (bicyclic) bond motifs is 1. The first-order valence-electron chi connectivity index (χ1n) is 7.54. The smallest absolute Gasteiger partial charge is 0.248 e. The number of nitrogens with one attached hydrogen (secondary N) is 1. The highest BCUT2D eigenvalue weighted by Gasteiger charge is 2.52. The lowest BCUT2D eigenvalue weighted by Gasteiger charge is -2.30. The van der Waals surface area contributed by atoms with Crippen molar-refractivity contribution < 1.29 is 14.3 Å². The van der Waals surface area contributed by atoms with Gasteiger partial charge in [-0.15, -0.1) is 11.8 Å². The molecular weight excluding hydrogens is 300 g/mol. The lowest BCUT2D eigenvalue weighted by molar-refractivity contribution is -0.135. The Morgan fingerprint density at radius 2 is 2.27 bits per heavy atom. The molecule has 2 atom stereocenters. The van der Waals surface area contributed by atoms with Crippen molar-refractivity contribution in [2.24, 2.45) is 0 Å². The van der Waals surface area contributed by atoms with E-state index >= 15 is 0 Å². The molecular formula is C16H20N2O3S. The summed E-state index contributed by atoms with van der Waals surface area (Å²) in [6.45, 7) is 4.49. The first kappa shape index (κ1) is 15.2. The van der Waals surface area contributed by atoms with E-state index in [1.165, 1.54) is 0 Å². The summed E-state index contributed by atoms with van der Waals surface area (Å²) in [6.07, 6.45) is 1.35. The minimum Gasteiger partial charge on any atom is -0.492 e. The second kappa shape index (κ2) is 5.83. The second-order valence-electron chi connectivity index (χ2n) is 5.68. The second-order valence-corrected chi connectivity index (χ2v) is 7.19. The molecule has 22 heavy (non-hydrogen) atoms. The molecule has 2 heterocycles. The molecule has 0 spiro atoms. The van der Waals surface area contributed by atoms with Crippen LogP contribution in [-0.2, 0) is 9.59 Å². The number of nitrogens with zero attached hydrogens (tertiary/aromatic N) is 1. The van der Waals surface area contributed by atoms with Crippen molar-refractivity contribution in [1.82, 2.24) is 4.90 Å². The number of hydrogen-bond donors (Lipinski definition) is 1. The highest BCUT2D eigenvalue weighted by Crippen LogP contribution is 2.47. The fourth-order valence-electron chi connectivity index (χ4n) is 3.08. The fourth-order valence-corrected chi connectivity index (χ4v) is 4.51. The normalized spacial score (nSPS) is 26.9. The number of rotatable bonds is 4. The zero-order valence-corrected chi connectivity index (χ0v) is 13.6. The van der Waals surface area contributed by atoms with Gasteiger partial charge in [0.15, 0.2) is 0 Å². The number of hydrogen-bond acceptors (Lipinski definition) is 4. The lowest BCUT2D eigenvalue weighted by Crippen LogP contribution is -2.48. The molecule has 2 fully saturated rings. The van der Waals surface area contributed by atoms with Gasteiger partial charge in [0.05, 0.1) is 17.2 Å². The average molecular weight is 320 g/mol. The number of carbonyl (C=O) groups is 2. The van der Waals surface area contributed by atoms with Gasteiger partial charge in [-0.3, -0.25) is 9.59 Å². The molecule has 0 aromatic heterocycles. The van der Waals surface area contributed by atoms with E-state index in [2.05, 4.69) is 5.32 Å². The Labute approximate surface area is 134 Å². The SMILES string of the molecule is CCOc1ccccc1NC(=O)[C@H]1CS[C@@]2(C)CCC(=O)N12. The van der Waals surface area contributed by atoms with E-state index in [-0.39, 0.29) is 16.7 Å². The van der Waals surface area contributed by atoms with Crippen LogP contribution in [0.2, 0.25) is 0 Å². The third kappa shape index (κ3) is 2.56. The number of para-hydroxylation sites is 2. The van der Waals surface area contributed by atoms with Crippen LogP contribution in [0.5, 0.6) is 5.75 Å². The molecule has 0 aliphatic carbocycles. The van der Waals surface area contributed by atoms with E-state index in [1.54, 1.807) is 16.7 Å². The molecule has 1 aromatic rings. The fraction of sp³-hybridized carbons (Fsp3) is 0.500. The Morgan fingerprint density at radius 1 is 1.50 bits per heavy atom. The molecule has 5 nitrogen and oxygen atoms in total. The van der Waals surface area contributed by atoms with Gasteiger partial charge in [0.2, 0.25) is 11.8 Å². The highest BCUT2D eigenvalue weighted by molar-refractivity contribution is 8.01. The minimum absolute atomic E-state index is 0.0748. The third-order valence-corrected chi connectivity index (χ3v) is 5.70. The van der Waals surface area contributed by atoms with Gasteiger partial charge in [0.25, 0.3) is 0 Å². The van der Waals surface area contributed by atoms with Gasteiger partial charge in [0.1, 0.15) is 11.8 Å². The molecule has 1 N–H and O–H groups in total. The zero-order valence-electron chi connectivity index (χ0n) is 12.8. The van der Waals surface area contributed by atoms with E-state index in [4.69, 9.17) is 4.74 Å². The van der Waals surface area contributed by atoms with Crippen LogP contribution in [0.4, 0.5) is 5.69 Å². The summed E-state index contributed by atoms with van der Waals surface area (Å²) in [5, 5.41) is 2.92. The van der Waals surface area contributed by atoms with Crippen LogP contribution in [0.25, 0.3) is 0 Å². The van der Waals surface area contributed by atoms with E-state index in [0.29, 0.717) is 30.2 Å².